The van der Waals surface area contributed by atoms with Crippen LogP contribution in [0.2, 0.25) is 0 Å². The molecule has 1 atom stereocenters. The molecule has 7 heteroatoms. The van der Waals surface area contributed by atoms with Gasteiger partial charge < -0.3 is 10.6 Å². The molecule has 2 aliphatic heterocycles. The fourth-order valence-electron chi connectivity index (χ4n) is 4.16. The molecule has 1 saturated heterocycles. The number of imide groups is 1. The first kappa shape index (κ1) is 17.4. The maximum absolute atomic E-state index is 12.9. The van der Waals surface area contributed by atoms with Gasteiger partial charge in [0.15, 0.2) is 0 Å². The van der Waals surface area contributed by atoms with Crippen LogP contribution in [0, 0.1) is 0 Å². The minimum Gasteiger partial charge on any atom is -0.384 e. The molecular weight excluding hydrogens is 368 g/mol. The van der Waals surface area contributed by atoms with Crippen molar-refractivity contribution in [3.8, 4) is 11.3 Å². The number of amides is 3. The van der Waals surface area contributed by atoms with E-state index < -0.39 is 11.9 Å². The maximum atomic E-state index is 12.9. The summed E-state index contributed by atoms with van der Waals surface area (Å²) in [7, 11) is 0. The van der Waals surface area contributed by atoms with Crippen molar-refractivity contribution >= 4 is 34.3 Å². The number of anilines is 1. The van der Waals surface area contributed by atoms with Gasteiger partial charge in [-0.2, -0.15) is 0 Å². The number of pyridine rings is 1. The first-order chi connectivity index (χ1) is 14.0. The lowest BCUT2D eigenvalue weighted by atomic mass is 10.00. The highest BCUT2D eigenvalue weighted by Gasteiger charge is 2.39. The standard InChI is InChI=1S/C22H18N4O3/c23-18-10-12-3-1-2-4-15(12)20(24-18)13-5-6-16-14(9-13)11-26(22(16)29)17-7-8-19(27)25-21(17)28/h1-6,9-10,17H,7-8,11H2,(H2,23,24)(H,25,27,28). The molecule has 0 spiro atoms. The van der Waals surface area contributed by atoms with Crippen molar-refractivity contribution in [2.24, 2.45) is 0 Å². The second-order valence-corrected chi connectivity index (χ2v) is 7.39. The Morgan fingerprint density at radius 3 is 2.72 bits per heavy atom. The molecule has 3 amide bonds. The second-order valence-electron chi connectivity index (χ2n) is 7.39. The zero-order chi connectivity index (χ0) is 20.1. The number of nitrogens with one attached hydrogen (secondary N) is 1. The number of rotatable bonds is 2. The molecule has 0 aliphatic carbocycles. The molecular formula is C22H18N4O3. The number of nitrogens with two attached hydrogens (primary N) is 1. The van der Waals surface area contributed by atoms with Crippen LogP contribution in [0.15, 0.2) is 48.5 Å². The molecule has 5 rings (SSSR count). The van der Waals surface area contributed by atoms with Crippen LogP contribution in [0.1, 0.15) is 28.8 Å². The Morgan fingerprint density at radius 1 is 1.07 bits per heavy atom. The van der Waals surface area contributed by atoms with Gasteiger partial charge in [-0.15, -0.1) is 0 Å². The van der Waals surface area contributed by atoms with Crippen LogP contribution in [0.3, 0.4) is 0 Å². The molecule has 0 radical (unpaired) electrons. The Balaban J connectivity index is 1.53. The first-order valence-electron chi connectivity index (χ1n) is 9.44. The van der Waals surface area contributed by atoms with Gasteiger partial charge in [0.25, 0.3) is 5.91 Å². The molecule has 2 aromatic carbocycles. The number of piperidine rings is 1. The predicted octanol–water partition coefficient (Wildman–Crippen LogP) is 2.24. The topological polar surface area (TPSA) is 105 Å². The molecule has 3 aromatic rings. The highest BCUT2D eigenvalue weighted by Crippen LogP contribution is 2.33. The van der Waals surface area contributed by atoms with E-state index in [1.165, 1.54) is 0 Å². The molecule has 1 aromatic heterocycles. The van der Waals surface area contributed by atoms with Crippen molar-refractivity contribution in [3.05, 3.63) is 59.7 Å². The molecule has 1 fully saturated rings. The van der Waals surface area contributed by atoms with Crippen molar-refractivity contribution in [1.82, 2.24) is 15.2 Å². The summed E-state index contributed by atoms with van der Waals surface area (Å²) in [6, 6.07) is 14.7. The van der Waals surface area contributed by atoms with E-state index in [9.17, 15) is 14.4 Å². The third-order valence-corrected chi connectivity index (χ3v) is 5.56. The number of benzene rings is 2. The van der Waals surface area contributed by atoms with Crippen molar-refractivity contribution < 1.29 is 14.4 Å². The Bertz CT molecular complexity index is 1200. The molecule has 1 unspecified atom stereocenters. The van der Waals surface area contributed by atoms with Gasteiger partial charge in [-0.05, 0) is 35.6 Å². The average molecular weight is 386 g/mol. The Labute approximate surface area is 166 Å². The number of carbonyl (C=O) groups is 3. The molecule has 3 heterocycles. The van der Waals surface area contributed by atoms with Gasteiger partial charge >= 0.3 is 0 Å². The van der Waals surface area contributed by atoms with Crippen LogP contribution in [0.5, 0.6) is 0 Å². The highest BCUT2D eigenvalue weighted by atomic mass is 16.2. The molecule has 3 N–H and O–H groups in total. The van der Waals surface area contributed by atoms with Crippen LogP contribution in [0.25, 0.3) is 22.0 Å². The van der Waals surface area contributed by atoms with Crippen LogP contribution in [0.4, 0.5) is 5.82 Å². The smallest absolute Gasteiger partial charge is 0.255 e. The van der Waals surface area contributed by atoms with Gasteiger partial charge in [0.2, 0.25) is 11.8 Å². The van der Waals surface area contributed by atoms with Crippen molar-refractivity contribution in [3.63, 3.8) is 0 Å². The SMILES string of the molecule is Nc1cc2ccccc2c(-c2ccc3c(c2)CN(C2CCC(=O)NC2=O)C3=O)n1. The van der Waals surface area contributed by atoms with Gasteiger partial charge in [0.1, 0.15) is 11.9 Å². The molecule has 7 nitrogen and oxygen atoms in total. The normalized spacial score (nSPS) is 18.8. The zero-order valence-electron chi connectivity index (χ0n) is 15.5. The summed E-state index contributed by atoms with van der Waals surface area (Å²) in [6.07, 6.45) is 0.583. The fraction of sp³-hybridized carbons (Fsp3) is 0.182. The summed E-state index contributed by atoms with van der Waals surface area (Å²) < 4.78 is 0. The van der Waals surface area contributed by atoms with E-state index in [0.717, 1.165) is 27.6 Å². The Hall–Kier alpha value is -3.74. The number of hydrogen-bond acceptors (Lipinski definition) is 5. The number of carbonyl (C=O) groups excluding carboxylic acids is 3. The van der Waals surface area contributed by atoms with E-state index in [1.807, 2.05) is 42.5 Å². The largest absolute Gasteiger partial charge is 0.384 e. The lowest BCUT2D eigenvalue weighted by Crippen LogP contribution is -2.52. The minimum absolute atomic E-state index is 0.188. The fourth-order valence-corrected chi connectivity index (χ4v) is 4.16. The van der Waals surface area contributed by atoms with Crippen LogP contribution in [-0.2, 0) is 16.1 Å². The quantitative estimate of drug-likeness (QED) is 0.657. The summed E-state index contributed by atoms with van der Waals surface area (Å²) in [4.78, 5) is 42.6. The number of aromatic nitrogens is 1. The summed E-state index contributed by atoms with van der Waals surface area (Å²) in [6.45, 7) is 0.328. The van der Waals surface area contributed by atoms with Crippen molar-refractivity contribution in [2.45, 2.75) is 25.4 Å². The van der Waals surface area contributed by atoms with E-state index in [1.54, 1.807) is 11.0 Å². The van der Waals surface area contributed by atoms with Gasteiger partial charge in [-0.3, -0.25) is 19.7 Å². The Morgan fingerprint density at radius 2 is 1.90 bits per heavy atom. The van der Waals surface area contributed by atoms with E-state index in [2.05, 4.69) is 10.3 Å². The van der Waals surface area contributed by atoms with E-state index in [4.69, 9.17) is 5.73 Å². The number of fused-ring (bicyclic) bond motifs is 2. The number of nitrogen functional groups attached to an aromatic ring is 1. The number of hydrogen-bond donors (Lipinski definition) is 2. The van der Waals surface area contributed by atoms with Gasteiger partial charge in [-0.25, -0.2) is 4.98 Å². The summed E-state index contributed by atoms with van der Waals surface area (Å²) in [5.74, 6) is -0.463. The highest BCUT2D eigenvalue weighted by molar-refractivity contribution is 6.06. The molecule has 29 heavy (non-hydrogen) atoms. The van der Waals surface area contributed by atoms with Crippen molar-refractivity contribution in [1.29, 1.82) is 0 Å². The predicted molar refractivity (Wildman–Crippen MR) is 108 cm³/mol. The summed E-state index contributed by atoms with van der Waals surface area (Å²) in [5, 5.41) is 4.30. The first-order valence-corrected chi connectivity index (χ1v) is 9.44. The molecule has 0 bridgehead atoms. The van der Waals surface area contributed by atoms with E-state index in [-0.39, 0.29) is 18.2 Å². The lowest BCUT2D eigenvalue weighted by molar-refractivity contribution is -0.136. The van der Waals surface area contributed by atoms with Crippen LogP contribution in [-0.4, -0.2) is 33.6 Å². The zero-order valence-corrected chi connectivity index (χ0v) is 15.5. The van der Waals surface area contributed by atoms with E-state index >= 15 is 0 Å². The third kappa shape index (κ3) is 2.82. The lowest BCUT2D eigenvalue weighted by Gasteiger charge is -2.29. The number of nitrogens with zero attached hydrogens (tertiary/aromatic N) is 2. The van der Waals surface area contributed by atoms with Gasteiger partial charge in [0, 0.05) is 29.5 Å². The van der Waals surface area contributed by atoms with Gasteiger partial charge in [-0.1, -0.05) is 30.3 Å². The minimum atomic E-state index is -0.623. The van der Waals surface area contributed by atoms with Crippen molar-refractivity contribution in [2.75, 3.05) is 5.73 Å². The average Bonchev–Trinajstić information content (AvgIpc) is 3.03. The third-order valence-electron chi connectivity index (χ3n) is 5.56. The Kier molecular flexibility index (Phi) is 3.84. The second kappa shape index (κ2) is 6.41. The maximum Gasteiger partial charge on any atom is 0.255 e. The summed E-state index contributed by atoms with van der Waals surface area (Å²) in [5.41, 5.74) is 9.04. The molecule has 0 saturated carbocycles. The summed E-state index contributed by atoms with van der Waals surface area (Å²) >= 11 is 0. The van der Waals surface area contributed by atoms with Gasteiger partial charge in [0.05, 0.1) is 5.69 Å². The molecule has 2 aliphatic rings. The monoisotopic (exact) mass is 386 g/mol. The molecule has 144 valence electrons. The van der Waals surface area contributed by atoms with Crippen LogP contribution >= 0.6 is 0 Å². The van der Waals surface area contributed by atoms with Crippen LogP contribution < -0.4 is 11.1 Å². The van der Waals surface area contributed by atoms with E-state index in [0.29, 0.717) is 24.3 Å².